The second-order valence-electron chi connectivity index (χ2n) is 7.28. The minimum atomic E-state index is -0.595. The molecule has 2 N–H and O–H groups in total. The van der Waals surface area contributed by atoms with Gasteiger partial charge in [-0.2, -0.15) is 5.10 Å². The molecule has 8 nitrogen and oxygen atoms in total. The van der Waals surface area contributed by atoms with Crippen LogP contribution in [0.1, 0.15) is 25.3 Å². The zero-order valence-corrected chi connectivity index (χ0v) is 18.8. The van der Waals surface area contributed by atoms with Crippen LogP contribution in [-0.2, 0) is 16.0 Å². The molecule has 4 rings (SSSR count). The summed E-state index contributed by atoms with van der Waals surface area (Å²) < 4.78 is 10.7. The maximum atomic E-state index is 12.6. The number of nitrogens with zero attached hydrogens (tertiary/aromatic N) is 2. The molecule has 2 amide bonds. The van der Waals surface area contributed by atoms with Crippen LogP contribution in [0.4, 0.5) is 5.69 Å². The lowest BCUT2D eigenvalue weighted by atomic mass is 10.1. The molecule has 0 radical (unpaired) electrons. The fourth-order valence-corrected chi connectivity index (χ4v) is 4.15. The first kappa shape index (κ1) is 22.2. The Balaban J connectivity index is 1.33. The molecule has 0 unspecified atom stereocenters. The van der Waals surface area contributed by atoms with Crippen molar-refractivity contribution in [3.63, 3.8) is 0 Å². The van der Waals surface area contributed by atoms with Crippen molar-refractivity contribution >= 4 is 51.7 Å². The number of halogens is 1. The van der Waals surface area contributed by atoms with Gasteiger partial charge in [0.1, 0.15) is 5.25 Å². The fraction of sp³-hybridized carbons (Fsp3) is 0.273. The van der Waals surface area contributed by atoms with E-state index < -0.39 is 5.25 Å². The van der Waals surface area contributed by atoms with E-state index in [0.29, 0.717) is 22.3 Å². The maximum Gasteiger partial charge on any atom is 0.238 e. The number of amidine groups is 1. The van der Waals surface area contributed by atoms with E-state index in [1.54, 1.807) is 24.3 Å². The summed E-state index contributed by atoms with van der Waals surface area (Å²) in [6, 6.07) is 12.6. The fourth-order valence-electron chi connectivity index (χ4n) is 3.10. The highest BCUT2D eigenvalue weighted by Gasteiger charge is 2.30. The highest BCUT2D eigenvalue weighted by molar-refractivity contribution is 8.15. The second kappa shape index (κ2) is 10.1. The van der Waals surface area contributed by atoms with Gasteiger partial charge >= 0.3 is 0 Å². The molecule has 0 bridgehead atoms. The third-order valence-electron chi connectivity index (χ3n) is 4.80. The van der Waals surface area contributed by atoms with Crippen molar-refractivity contribution in [2.75, 3.05) is 12.1 Å². The first-order valence-electron chi connectivity index (χ1n) is 9.99. The largest absolute Gasteiger partial charge is 0.454 e. The number of anilines is 1. The number of carbonyl (C=O) groups is 2. The number of amides is 2. The molecule has 10 heteroatoms. The number of ether oxygens (including phenoxy) is 2. The summed E-state index contributed by atoms with van der Waals surface area (Å²) in [5, 5.41) is 14.1. The molecule has 2 heterocycles. The van der Waals surface area contributed by atoms with E-state index in [4.69, 9.17) is 21.1 Å². The van der Waals surface area contributed by atoms with Crippen molar-refractivity contribution in [2.45, 2.75) is 31.4 Å². The Morgan fingerprint density at radius 2 is 2.00 bits per heavy atom. The Morgan fingerprint density at radius 3 is 2.81 bits per heavy atom. The van der Waals surface area contributed by atoms with Crippen LogP contribution in [0, 0.1) is 0 Å². The number of benzene rings is 2. The topological polar surface area (TPSA) is 101 Å². The van der Waals surface area contributed by atoms with Crippen molar-refractivity contribution < 1.29 is 19.1 Å². The summed E-state index contributed by atoms with van der Waals surface area (Å²) >= 11 is 7.04. The summed E-state index contributed by atoms with van der Waals surface area (Å²) in [7, 11) is 0. The van der Waals surface area contributed by atoms with E-state index in [-0.39, 0.29) is 25.0 Å². The molecule has 2 aromatic rings. The first-order valence-corrected chi connectivity index (χ1v) is 11.2. The standard InChI is InChI=1S/C22H21ClN4O4S/c1-13(2-3-14-4-9-17-18(10-14)31-12-30-17)26-27-22-25-20(28)11-19(32-22)21(29)24-16-7-5-15(23)6-8-16/h4-10,19H,2-3,11-12H2,1H3,(H,24,29)(H,25,27,28)/b26-13-/t19-/m0/s1. The van der Waals surface area contributed by atoms with Crippen molar-refractivity contribution in [1.29, 1.82) is 0 Å². The number of rotatable bonds is 6. The summed E-state index contributed by atoms with van der Waals surface area (Å²) in [4.78, 5) is 24.6. The van der Waals surface area contributed by atoms with E-state index in [0.717, 1.165) is 29.2 Å². The van der Waals surface area contributed by atoms with Crippen molar-refractivity contribution in [2.24, 2.45) is 10.2 Å². The van der Waals surface area contributed by atoms with Crippen molar-refractivity contribution in [1.82, 2.24) is 5.32 Å². The number of carbonyl (C=O) groups excluding carboxylic acids is 2. The predicted octanol–water partition coefficient (Wildman–Crippen LogP) is 3.99. The van der Waals surface area contributed by atoms with E-state index in [1.807, 2.05) is 25.1 Å². The molecule has 32 heavy (non-hydrogen) atoms. The lowest BCUT2D eigenvalue weighted by molar-refractivity contribution is -0.123. The van der Waals surface area contributed by atoms with Gasteiger partial charge in [-0.3, -0.25) is 9.59 Å². The van der Waals surface area contributed by atoms with E-state index >= 15 is 0 Å². The van der Waals surface area contributed by atoms with Gasteiger partial charge in [0, 0.05) is 22.8 Å². The molecule has 0 aliphatic carbocycles. The van der Waals surface area contributed by atoms with Gasteiger partial charge in [-0.05, 0) is 61.7 Å². The van der Waals surface area contributed by atoms with Gasteiger partial charge in [0.15, 0.2) is 16.7 Å². The Morgan fingerprint density at radius 1 is 1.22 bits per heavy atom. The number of fused-ring (bicyclic) bond motifs is 1. The highest BCUT2D eigenvalue weighted by Crippen LogP contribution is 2.32. The van der Waals surface area contributed by atoms with Gasteiger partial charge < -0.3 is 20.1 Å². The van der Waals surface area contributed by atoms with Gasteiger partial charge in [-0.25, -0.2) is 0 Å². The number of thioether (sulfide) groups is 1. The average Bonchev–Trinajstić information content (AvgIpc) is 3.25. The molecule has 0 spiro atoms. The van der Waals surface area contributed by atoms with Crippen LogP contribution in [0.5, 0.6) is 11.5 Å². The van der Waals surface area contributed by atoms with Crippen LogP contribution in [0.2, 0.25) is 5.02 Å². The number of hydrogen-bond acceptors (Lipinski definition) is 7. The summed E-state index contributed by atoms with van der Waals surface area (Å²) in [6.07, 6.45) is 1.52. The smallest absolute Gasteiger partial charge is 0.238 e. The molecule has 0 aromatic heterocycles. The van der Waals surface area contributed by atoms with Gasteiger partial charge in [0.25, 0.3) is 0 Å². The van der Waals surface area contributed by atoms with E-state index in [1.165, 1.54) is 11.8 Å². The molecule has 166 valence electrons. The van der Waals surface area contributed by atoms with Crippen molar-refractivity contribution in [3.8, 4) is 11.5 Å². The normalized spacial score (nSPS) is 19.1. The summed E-state index contributed by atoms with van der Waals surface area (Å²) in [5.74, 6) is 0.960. The highest BCUT2D eigenvalue weighted by atomic mass is 35.5. The number of hydrogen-bond donors (Lipinski definition) is 2. The Bertz CT molecular complexity index is 1090. The lowest BCUT2D eigenvalue weighted by Crippen LogP contribution is -2.41. The Kier molecular flexibility index (Phi) is 6.96. The SMILES string of the molecule is C/C(CCc1ccc2c(c1)OCO2)=N/N=C1/NC(=O)C[C@@H](C(=O)Nc2ccc(Cl)cc2)S1. The van der Waals surface area contributed by atoms with Crippen LogP contribution >= 0.6 is 23.4 Å². The molecule has 0 saturated carbocycles. The first-order chi connectivity index (χ1) is 15.5. The van der Waals surface area contributed by atoms with Crippen LogP contribution < -0.4 is 20.1 Å². The Hall–Kier alpha value is -3.04. The number of aryl methyl sites for hydroxylation is 1. The minimum Gasteiger partial charge on any atom is -0.454 e. The van der Waals surface area contributed by atoms with Crippen LogP contribution in [0.3, 0.4) is 0 Å². The zero-order chi connectivity index (χ0) is 22.5. The molecule has 1 fully saturated rings. The molecule has 1 atom stereocenters. The number of nitrogens with one attached hydrogen (secondary N) is 2. The third kappa shape index (κ3) is 5.80. The molecule has 2 aliphatic heterocycles. The quantitative estimate of drug-likeness (QED) is 0.489. The lowest BCUT2D eigenvalue weighted by Gasteiger charge is -2.21. The van der Waals surface area contributed by atoms with Crippen molar-refractivity contribution in [3.05, 3.63) is 53.1 Å². The molecular weight excluding hydrogens is 452 g/mol. The van der Waals surface area contributed by atoms with Gasteiger partial charge in [0.2, 0.25) is 18.6 Å². The van der Waals surface area contributed by atoms with Crippen LogP contribution in [0.25, 0.3) is 0 Å². The summed E-state index contributed by atoms with van der Waals surface area (Å²) in [6.45, 7) is 2.12. The average molecular weight is 473 g/mol. The monoisotopic (exact) mass is 472 g/mol. The van der Waals surface area contributed by atoms with Gasteiger partial charge in [-0.15, -0.1) is 5.10 Å². The molecular formula is C22H21ClN4O4S. The second-order valence-corrected chi connectivity index (χ2v) is 8.91. The van der Waals surface area contributed by atoms with Gasteiger partial charge in [0.05, 0.1) is 0 Å². The summed E-state index contributed by atoms with van der Waals surface area (Å²) in [5.41, 5.74) is 2.52. The molecule has 2 aliphatic rings. The molecule has 1 saturated heterocycles. The maximum absolute atomic E-state index is 12.6. The van der Waals surface area contributed by atoms with Crippen LogP contribution in [0.15, 0.2) is 52.7 Å². The Labute approximate surface area is 194 Å². The third-order valence-corrected chi connectivity index (χ3v) is 6.12. The predicted molar refractivity (Wildman–Crippen MR) is 126 cm³/mol. The van der Waals surface area contributed by atoms with Crippen LogP contribution in [-0.4, -0.2) is 34.7 Å². The molecule has 2 aromatic carbocycles. The van der Waals surface area contributed by atoms with E-state index in [2.05, 4.69) is 20.8 Å². The van der Waals surface area contributed by atoms with E-state index in [9.17, 15) is 9.59 Å². The van der Waals surface area contributed by atoms with Gasteiger partial charge in [-0.1, -0.05) is 29.4 Å². The minimum absolute atomic E-state index is 0.0654. The zero-order valence-electron chi connectivity index (χ0n) is 17.3.